The average Bonchev–Trinajstić information content (AvgIpc) is 2.80. The van der Waals surface area contributed by atoms with Gasteiger partial charge in [0.15, 0.2) is 0 Å². The first-order chi connectivity index (χ1) is 5.77. The van der Waals surface area contributed by atoms with Gasteiger partial charge in [0.2, 0.25) is 0 Å². The minimum atomic E-state index is 0.334. The number of thiophene rings is 1. The Bertz CT molecular complexity index is 267. The Labute approximate surface area is 81.5 Å². The summed E-state index contributed by atoms with van der Waals surface area (Å²) in [5.41, 5.74) is 5.99. The van der Waals surface area contributed by atoms with Crippen LogP contribution in [0.4, 0.5) is 0 Å². The maximum atomic E-state index is 5.99. The summed E-state index contributed by atoms with van der Waals surface area (Å²) in [6.45, 7) is 0. The van der Waals surface area contributed by atoms with E-state index < -0.39 is 0 Å². The van der Waals surface area contributed by atoms with Crippen LogP contribution in [0.2, 0.25) is 5.02 Å². The molecule has 1 saturated carbocycles. The molecule has 0 aliphatic heterocycles. The van der Waals surface area contributed by atoms with Crippen LogP contribution in [-0.2, 0) is 6.42 Å². The van der Waals surface area contributed by atoms with Crippen molar-refractivity contribution in [1.29, 1.82) is 0 Å². The summed E-state index contributed by atoms with van der Waals surface area (Å²) in [6.07, 6.45) is 3.58. The molecular weight excluding hydrogens is 190 g/mol. The maximum absolute atomic E-state index is 5.99. The highest BCUT2D eigenvalue weighted by molar-refractivity contribution is 7.10. The van der Waals surface area contributed by atoms with Gasteiger partial charge >= 0.3 is 0 Å². The number of nitrogens with two attached hydrogens (primary N) is 1. The molecule has 0 saturated heterocycles. The Morgan fingerprint density at radius 3 is 2.92 bits per heavy atom. The van der Waals surface area contributed by atoms with Crippen molar-refractivity contribution in [2.24, 2.45) is 11.7 Å². The molecule has 0 amide bonds. The van der Waals surface area contributed by atoms with E-state index in [1.165, 1.54) is 17.7 Å². The third-order valence-corrected chi connectivity index (χ3v) is 3.75. The fourth-order valence-electron chi connectivity index (χ4n) is 1.38. The van der Waals surface area contributed by atoms with Gasteiger partial charge in [-0.25, -0.2) is 0 Å². The predicted molar refractivity (Wildman–Crippen MR) is 53.7 cm³/mol. The van der Waals surface area contributed by atoms with Crippen molar-refractivity contribution in [3.05, 3.63) is 21.3 Å². The van der Waals surface area contributed by atoms with Gasteiger partial charge in [-0.15, -0.1) is 11.3 Å². The van der Waals surface area contributed by atoms with Crippen molar-refractivity contribution in [1.82, 2.24) is 0 Å². The van der Waals surface area contributed by atoms with Gasteiger partial charge in [0.1, 0.15) is 0 Å². The molecule has 1 heterocycles. The smallest absolute Gasteiger partial charge is 0.0545 e. The zero-order valence-electron chi connectivity index (χ0n) is 6.79. The van der Waals surface area contributed by atoms with Gasteiger partial charge in [-0.2, -0.15) is 0 Å². The number of hydrogen-bond acceptors (Lipinski definition) is 2. The number of halogens is 1. The third-order valence-electron chi connectivity index (χ3n) is 2.34. The van der Waals surface area contributed by atoms with Gasteiger partial charge in [0.25, 0.3) is 0 Å². The fraction of sp³-hybridized carbons (Fsp3) is 0.556. The normalized spacial score (nSPS) is 19.5. The predicted octanol–water partition coefficient (Wildman–Crippen LogP) is 2.68. The van der Waals surface area contributed by atoms with E-state index in [2.05, 4.69) is 0 Å². The molecule has 1 fully saturated rings. The van der Waals surface area contributed by atoms with Gasteiger partial charge in [-0.1, -0.05) is 11.6 Å². The van der Waals surface area contributed by atoms with Crippen LogP contribution in [0, 0.1) is 5.92 Å². The SMILES string of the molecule is NC(Cc1sccc1Cl)C1CC1. The highest BCUT2D eigenvalue weighted by atomic mass is 35.5. The first-order valence-electron chi connectivity index (χ1n) is 4.25. The van der Waals surface area contributed by atoms with Gasteiger partial charge in [0, 0.05) is 10.9 Å². The Morgan fingerprint density at radius 2 is 2.42 bits per heavy atom. The zero-order valence-corrected chi connectivity index (χ0v) is 8.37. The molecule has 0 aromatic carbocycles. The minimum absolute atomic E-state index is 0.334. The summed E-state index contributed by atoms with van der Waals surface area (Å²) in [6, 6.07) is 2.28. The molecule has 1 unspecified atom stereocenters. The standard InChI is InChI=1S/C9H12ClNS/c10-7-3-4-12-9(7)5-8(11)6-1-2-6/h3-4,6,8H,1-2,5,11H2. The Kier molecular flexibility index (Phi) is 2.40. The summed E-state index contributed by atoms with van der Waals surface area (Å²) < 4.78 is 0. The molecular formula is C9H12ClNS. The monoisotopic (exact) mass is 201 g/mol. The topological polar surface area (TPSA) is 26.0 Å². The second-order valence-corrected chi connectivity index (χ2v) is 4.80. The second kappa shape index (κ2) is 3.36. The van der Waals surface area contributed by atoms with Crippen LogP contribution in [0.5, 0.6) is 0 Å². The molecule has 2 rings (SSSR count). The Balaban J connectivity index is 1.97. The average molecular weight is 202 g/mol. The minimum Gasteiger partial charge on any atom is -0.327 e. The molecule has 3 heteroatoms. The van der Waals surface area contributed by atoms with Crippen LogP contribution in [0.15, 0.2) is 11.4 Å². The van der Waals surface area contributed by atoms with Crippen LogP contribution in [-0.4, -0.2) is 6.04 Å². The first kappa shape index (κ1) is 8.54. The molecule has 1 aliphatic rings. The van der Waals surface area contributed by atoms with Crippen molar-refractivity contribution in [3.8, 4) is 0 Å². The third kappa shape index (κ3) is 1.82. The fourth-order valence-corrected chi connectivity index (χ4v) is 2.56. The van der Waals surface area contributed by atoms with E-state index in [0.29, 0.717) is 6.04 Å². The molecule has 1 nitrogen and oxygen atoms in total. The molecule has 66 valence electrons. The number of hydrogen-bond donors (Lipinski definition) is 1. The van der Waals surface area contributed by atoms with Gasteiger partial charge in [-0.3, -0.25) is 0 Å². The lowest BCUT2D eigenvalue weighted by Crippen LogP contribution is -2.24. The zero-order chi connectivity index (χ0) is 8.55. The Morgan fingerprint density at radius 1 is 1.67 bits per heavy atom. The van der Waals surface area contributed by atoms with Crippen molar-refractivity contribution < 1.29 is 0 Å². The molecule has 0 bridgehead atoms. The lowest BCUT2D eigenvalue weighted by atomic mass is 10.1. The molecule has 0 radical (unpaired) electrons. The molecule has 12 heavy (non-hydrogen) atoms. The summed E-state index contributed by atoms with van der Waals surface area (Å²) in [5.74, 6) is 0.767. The van der Waals surface area contributed by atoms with Crippen LogP contribution in [0.25, 0.3) is 0 Å². The summed E-state index contributed by atoms with van der Waals surface area (Å²) in [4.78, 5) is 1.25. The molecule has 1 atom stereocenters. The summed E-state index contributed by atoms with van der Waals surface area (Å²) >= 11 is 7.67. The van der Waals surface area contributed by atoms with E-state index in [1.54, 1.807) is 11.3 Å². The van der Waals surface area contributed by atoms with E-state index in [-0.39, 0.29) is 0 Å². The maximum Gasteiger partial charge on any atom is 0.0545 e. The lowest BCUT2D eigenvalue weighted by molar-refractivity contribution is 0.596. The quantitative estimate of drug-likeness (QED) is 0.800. The van der Waals surface area contributed by atoms with Crippen molar-refractivity contribution in [2.45, 2.75) is 25.3 Å². The summed E-state index contributed by atoms with van der Waals surface area (Å²) in [5, 5.41) is 2.91. The Hall–Kier alpha value is -0.0500. The molecule has 1 aromatic rings. The van der Waals surface area contributed by atoms with Crippen molar-refractivity contribution >= 4 is 22.9 Å². The van der Waals surface area contributed by atoms with Gasteiger partial charge in [0.05, 0.1) is 5.02 Å². The number of rotatable bonds is 3. The largest absolute Gasteiger partial charge is 0.327 e. The van der Waals surface area contributed by atoms with Crippen molar-refractivity contribution in [3.63, 3.8) is 0 Å². The van der Waals surface area contributed by atoms with E-state index in [0.717, 1.165) is 17.4 Å². The van der Waals surface area contributed by atoms with E-state index in [4.69, 9.17) is 17.3 Å². The van der Waals surface area contributed by atoms with Gasteiger partial charge < -0.3 is 5.73 Å². The van der Waals surface area contributed by atoms with Crippen molar-refractivity contribution in [2.75, 3.05) is 0 Å². The highest BCUT2D eigenvalue weighted by Gasteiger charge is 2.28. The molecule has 1 aliphatic carbocycles. The highest BCUT2D eigenvalue weighted by Crippen LogP contribution is 2.34. The van der Waals surface area contributed by atoms with Crippen LogP contribution in [0.3, 0.4) is 0 Å². The lowest BCUT2D eigenvalue weighted by Gasteiger charge is -2.07. The molecule has 1 aromatic heterocycles. The van der Waals surface area contributed by atoms with Crippen LogP contribution in [0.1, 0.15) is 17.7 Å². The van der Waals surface area contributed by atoms with E-state index in [1.807, 2.05) is 11.4 Å². The van der Waals surface area contributed by atoms with E-state index in [9.17, 15) is 0 Å². The first-order valence-corrected chi connectivity index (χ1v) is 5.50. The van der Waals surface area contributed by atoms with E-state index >= 15 is 0 Å². The molecule has 0 spiro atoms. The van der Waals surface area contributed by atoms with Crippen LogP contribution < -0.4 is 5.73 Å². The van der Waals surface area contributed by atoms with Gasteiger partial charge in [-0.05, 0) is 36.6 Å². The molecule has 2 N–H and O–H groups in total. The second-order valence-electron chi connectivity index (χ2n) is 3.40. The summed E-state index contributed by atoms with van der Waals surface area (Å²) in [7, 11) is 0. The van der Waals surface area contributed by atoms with Crippen LogP contribution >= 0.6 is 22.9 Å².